The first-order valence-electron chi connectivity index (χ1n) is 12.1. The molecule has 0 radical (unpaired) electrons. The molecule has 2 aliphatic rings. The van der Waals surface area contributed by atoms with Crippen LogP contribution in [-0.4, -0.2) is 61.2 Å². The third kappa shape index (κ3) is 7.66. The van der Waals surface area contributed by atoms with Gasteiger partial charge >= 0.3 is 6.18 Å². The molecule has 5 nitrogen and oxygen atoms in total. The molecule has 1 aromatic heterocycles. The van der Waals surface area contributed by atoms with Crippen LogP contribution in [0.2, 0.25) is 5.02 Å². The summed E-state index contributed by atoms with van der Waals surface area (Å²) < 4.78 is 43.7. The van der Waals surface area contributed by atoms with Crippen LogP contribution in [0.25, 0.3) is 11.1 Å². The molecule has 1 aromatic carbocycles. The number of piperidine rings is 1. The van der Waals surface area contributed by atoms with Crippen molar-refractivity contribution in [3.8, 4) is 11.1 Å². The van der Waals surface area contributed by atoms with Gasteiger partial charge in [-0.3, -0.25) is 14.7 Å². The molecule has 0 aliphatic carbocycles. The molecule has 3 heterocycles. The van der Waals surface area contributed by atoms with Gasteiger partial charge in [0.05, 0.1) is 11.6 Å². The lowest BCUT2D eigenvalue weighted by Crippen LogP contribution is -2.43. The zero-order valence-corrected chi connectivity index (χ0v) is 20.4. The summed E-state index contributed by atoms with van der Waals surface area (Å²) in [6.45, 7) is 2.02. The van der Waals surface area contributed by atoms with Crippen molar-refractivity contribution in [2.75, 3.05) is 44.7 Å². The smallest absolute Gasteiger partial charge is 0.385 e. The lowest BCUT2D eigenvalue weighted by molar-refractivity contribution is -0.151. The fraction of sp³-hybridized carbons (Fsp3) is 0.538. The Labute approximate surface area is 209 Å². The maximum Gasteiger partial charge on any atom is 0.401 e. The van der Waals surface area contributed by atoms with Crippen LogP contribution in [0.15, 0.2) is 36.5 Å². The van der Waals surface area contributed by atoms with Crippen molar-refractivity contribution in [2.45, 2.75) is 38.3 Å². The van der Waals surface area contributed by atoms with Crippen molar-refractivity contribution < 1.29 is 22.7 Å². The number of carbonyl (C=O) groups is 1. The molecule has 0 saturated carbocycles. The normalized spacial score (nSPS) is 20.1. The Balaban J connectivity index is 1.41. The second kappa shape index (κ2) is 11.7. The third-order valence-electron chi connectivity index (χ3n) is 6.74. The molecule has 190 valence electrons. The summed E-state index contributed by atoms with van der Waals surface area (Å²) in [5, 5.41) is 3.98. The Bertz CT molecular complexity index is 1010. The van der Waals surface area contributed by atoms with Gasteiger partial charge in [-0.2, -0.15) is 13.2 Å². The lowest BCUT2D eigenvalue weighted by Gasteiger charge is -2.32. The Morgan fingerprint density at radius 2 is 2.00 bits per heavy atom. The van der Waals surface area contributed by atoms with Crippen LogP contribution in [0.1, 0.15) is 31.4 Å². The van der Waals surface area contributed by atoms with Gasteiger partial charge in [0.25, 0.3) is 0 Å². The quantitative estimate of drug-likeness (QED) is 0.500. The van der Waals surface area contributed by atoms with Gasteiger partial charge in [0.15, 0.2) is 0 Å². The minimum absolute atomic E-state index is 0.0791. The number of ketones is 1. The summed E-state index contributed by atoms with van der Waals surface area (Å²) in [4.78, 5) is 18.6. The van der Waals surface area contributed by atoms with E-state index in [1.807, 2.05) is 30.3 Å². The van der Waals surface area contributed by atoms with E-state index < -0.39 is 18.6 Å². The van der Waals surface area contributed by atoms with Crippen molar-refractivity contribution in [1.29, 1.82) is 0 Å². The molecule has 2 aromatic rings. The van der Waals surface area contributed by atoms with E-state index in [2.05, 4.69) is 10.3 Å². The number of hydrogen-bond donors (Lipinski definition) is 1. The van der Waals surface area contributed by atoms with Crippen LogP contribution in [0, 0.1) is 11.8 Å². The summed E-state index contributed by atoms with van der Waals surface area (Å²) in [7, 11) is 0. The minimum Gasteiger partial charge on any atom is -0.385 e. The summed E-state index contributed by atoms with van der Waals surface area (Å²) in [6.07, 6.45) is 0.652. The van der Waals surface area contributed by atoms with Crippen LogP contribution in [-0.2, 0) is 16.0 Å². The van der Waals surface area contributed by atoms with Crippen LogP contribution in [0.3, 0.4) is 0 Å². The Hall–Kier alpha value is -2.16. The maximum absolute atomic E-state index is 12.9. The average molecular weight is 510 g/mol. The largest absolute Gasteiger partial charge is 0.401 e. The third-order valence-corrected chi connectivity index (χ3v) is 7.04. The summed E-state index contributed by atoms with van der Waals surface area (Å²) in [5.74, 6) is 0.0932. The Kier molecular flexibility index (Phi) is 8.68. The highest BCUT2D eigenvalue weighted by molar-refractivity contribution is 6.33. The number of ether oxygens (including phenoxy) is 1. The number of likely N-dealkylation sites (tertiary alicyclic amines) is 1. The van der Waals surface area contributed by atoms with E-state index in [9.17, 15) is 18.0 Å². The van der Waals surface area contributed by atoms with Gasteiger partial charge in [0, 0.05) is 61.8 Å². The standard InChI is InChI=1S/C26H31ClF3N3O2/c27-24-15-32-22(13-25(34)20-4-2-8-33(16-20)17-26(28,29)30)12-23(24)19-3-1-5-21(11-19)31-14-18-6-9-35-10-7-18/h1,3,5,11-12,15,18,20,31H,2,4,6-10,13-14,16-17H2/t20-/m1/s1. The van der Waals surface area contributed by atoms with Crippen molar-refractivity contribution in [3.63, 3.8) is 0 Å². The zero-order valence-electron chi connectivity index (χ0n) is 19.6. The fourth-order valence-electron chi connectivity index (χ4n) is 4.85. The molecule has 2 aliphatic heterocycles. The second-order valence-electron chi connectivity index (χ2n) is 9.51. The van der Waals surface area contributed by atoms with Crippen LogP contribution in [0.4, 0.5) is 18.9 Å². The van der Waals surface area contributed by atoms with Gasteiger partial charge in [-0.05, 0) is 61.9 Å². The predicted molar refractivity (Wildman–Crippen MR) is 131 cm³/mol. The second-order valence-corrected chi connectivity index (χ2v) is 9.91. The first kappa shape index (κ1) is 25.9. The number of benzene rings is 1. The molecule has 0 spiro atoms. The van der Waals surface area contributed by atoms with Crippen molar-refractivity contribution in [3.05, 3.63) is 47.2 Å². The fourth-order valence-corrected chi connectivity index (χ4v) is 5.06. The molecular formula is C26H31ClF3N3O2. The number of Topliss-reactive ketones (excluding diaryl/α,β-unsaturated/α-hetero) is 1. The van der Waals surface area contributed by atoms with Crippen molar-refractivity contribution >= 4 is 23.1 Å². The molecule has 1 atom stereocenters. The van der Waals surface area contributed by atoms with Crippen molar-refractivity contribution in [1.82, 2.24) is 9.88 Å². The molecule has 2 saturated heterocycles. The van der Waals surface area contributed by atoms with E-state index in [1.165, 1.54) is 4.90 Å². The van der Waals surface area contributed by atoms with Crippen LogP contribution < -0.4 is 5.32 Å². The van der Waals surface area contributed by atoms with E-state index >= 15 is 0 Å². The summed E-state index contributed by atoms with van der Waals surface area (Å²) >= 11 is 6.45. The zero-order chi connectivity index (χ0) is 24.8. The van der Waals surface area contributed by atoms with Crippen LogP contribution >= 0.6 is 11.6 Å². The lowest BCUT2D eigenvalue weighted by atomic mass is 9.91. The number of nitrogens with zero attached hydrogens (tertiary/aromatic N) is 2. The highest BCUT2D eigenvalue weighted by Crippen LogP contribution is 2.31. The molecule has 2 fully saturated rings. The number of anilines is 1. The van der Waals surface area contributed by atoms with E-state index in [0.717, 1.165) is 49.4 Å². The first-order valence-corrected chi connectivity index (χ1v) is 12.5. The molecule has 35 heavy (non-hydrogen) atoms. The number of rotatable bonds is 8. The van der Waals surface area contributed by atoms with E-state index in [1.54, 1.807) is 6.20 Å². The topological polar surface area (TPSA) is 54.5 Å². The monoisotopic (exact) mass is 509 g/mol. The number of pyridine rings is 1. The number of carbonyl (C=O) groups excluding carboxylic acids is 1. The van der Waals surface area contributed by atoms with Gasteiger partial charge in [-0.1, -0.05) is 23.7 Å². The maximum atomic E-state index is 12.9. The molecule has 1 N–H and O–H groups in total. The number of hydrogen-bond acceptors (Lipinski definition) is 5. The van der Waals surface area contributed by atoms with Crippen LogP contribution in [0.5, 0.6) is 0 Å². The summed E-state index contributed by atoms with van der Waals surface area (Å²) in [6, 6.07) is 9.78. The minimum atomic E-state index is -4.26. The SMILES string of the molecule is O=C(Cc1cc(-c2cccc(NCC3CCOCC3)c2)c(Cl)cn1)[C@@H]1CCCN(CC(F)(F)F)C1. The first-order chi connectivity index (χ1) is 16.8. The van der Waals surface area contributed by atoms with E-state index in [0.29, 0.717) is 36.0 Å². The number of nitrogens with one attached hydrogen (secondary N) is 1. The number of alkyl halides is 3. The molecule has 0 unspecified atom stereocenters. The molecule has 0 bridgehead atoms. The van der Waals surface area contributed by atoms with E-state index in [-0.39, 0.29) is 18.7 Å². The summed E-state index contributed by atoms with van der Waals surface area (Å²) in [5.41, 5.74) is 3.26. The highest BCUT2D eigenvalue weighted by atomic mass is 35.5. The van der Waals surface area contributed by atoms with Gasteiger partial charge < -0.3 is 10.1 Å². The molecular weight excluding hydrogens is 479 g/mol. The average Bonchev–Trinajstić information content (AvgIpc) is 2.84. The molecule has 4 rings (SSSR count). The van der Waals surface area contributed by atoms with Gasteiger partial charge in [-0.15, -0.1) is 0 Å². The molecule has 0 amide bonds. The van der Waals surface area contributed by atoms with Crippen molar-refractivity contribution in [2.24, 2.45) is 11.8 Å². The highest BCUT2D eigenvalue weighted by Gasteiger charge is 2.34. The van der Waals surface area contributed by atoms with Gasteiger partial charge in [0.1, 0.15) is 5.78 Å². The molecule has 9 heteroatoms. The number of aromatic nitrogens is 1. The Morgan fingerprint density at radius 1 is 1.20 bits per heavy atom. The van der Waals surface area contributed by atoms with E-state index in [4.69, 9.17) is 16.3 Å². The number of halogens is 4. The van der Waals surface area contributed by atoms with Gasteiger partial charge in [0.2, 0.25) is 0 Å². The Morgan fingerprint density at radius 3 is 2.77 bits per heavy atom. The van der Waals surface area contributed by atoms with Gasteiger partial charge in [-0.25, -0.2) is 0 Å². The predicted octanol–water partition coefficient (Wildman–Crippen LogP) is 5.63.